The van der Waals surface area contributed by atoms with Crippen molar-refractivity contribution in [2.75, 3.05) is 27.4 Å². The smallest absolute Gasteiger partial charge is 0.243 e. The third kappa shape index (κ3) is 4.27. The molecule has 0 fully saturated rings. The van der Waals surface area contributed by atoms with Crippen LogP contribution >= 0.6 is 0 Å². The average Bonchev–Trinajstić information content (AvgIpc) is 3.25. The number of nitrogens with one attached hydrogen (secondary N) is 1. The minimum atomic E-state index is -0.269. The Morgan fingerprint density at radius 1 is 1.17 bits per heavy atom. The van der Waals surface area contributed by atoms with Crippen LogP contribution in [0.25, 0.3) is 11.4 Å². The molecule has 10 heteroatoms. The molecule has 1 aliphatic rings. The maximum Gasteiger partial charge on any atom is 0.243 e. The predicted octanol–water partition coefficient (Wildman–Crippen LogP) is 1.31. The number of fused-ring (bicyclic) bond motifs is 1. The lowest BCUT2D eigenvalue weighted by atomic mass is 10.2. The normalized spacial score (nSPS) is 14.8. The van der Waals surface area contributed by atoms with Crippen LogP contribution in [0.5, 0.6) is 23.0 Å². The molecule has 0 saturated heterocycles. The molecule has 0 aliphatic carbocycles. The highest BCUT2D eigenvalue weighted by molar-refractivity contribution is 5.75. The molecule has 0 radical (unpaired) electrons. The molecule has 2 heterocycles. The Morgan fingerprint density at radius 3 is 2.77 bits per heavy atom. The van der Waals surface area contributed by atoms with Crippen LogP contribution in [-0.2, 0) is 11.3 Å². The second-order valence-electron chi connectivity index (χ2n) is 6.51. The van der Waals surface area contributed by atoms with E-state index in [1.807, 2.05) is 24.3 Å². The van der Waals surface area contributed by atoms with Gasteiger partial charge in [-0.3, -0.25) is 4.79 Å². The van der Waals surface area contributed by atoms with Crippen molar-refractivity contribution < 1.29 is 23.7 Å². The van der Waals surface area contributed by atoms with Crippen molar-refractivity contribution >= 4 is 5.91 Å². The maximum atomic E-state index is 12.3. The summed E-state index contributed by atoms with van der Waals surface area (Å²) in [6.07, 6.45) is -0.269. The van der Waals surface area contributed by atoms with Crippen LogP contribution in [0, 0.1) is 0 Å². The van der Waals surface area contributed by atoms with Gasteiger partial charge in [-0.2, -0.15) is 4.80 Å². The second-order valence-corrected chi connectivity index (χ2v) is 6.51. The fourth-order valence-electron chi connectivity index (χ4n) is 2.98. The largest absolute Gasteiger partial charge is 0.493 e. The summed E-state index contributed by atoms with van der Waals surface area (Å²) in [7, 11) is 3.11. The lowest BCUT2D eigenvalue weighted by molar-refractivity contribution is -0.122. The lowest BCUT2D eigenvalue weighted by Gasteiger charge is -2.26. The molecule has 30 heavy (non-hydrogen) atoms. The number of hydrogen-bond acceptors (Lipinski definition) is 8. The van der Waals surface area contributed by atoms with Crippen molar-refractivity contribution in [2.24, 2.45) is 0 Å². The Balaban J connectivity index is 1.32. The van der Waals surface area contributed by atoms with E-state index in [1.165, 1.54) is 4.80 Å². The number of rotatable bonds is 7. The summed E-state index contributed by atoms with van der Waals surface area (Å²) in [6.45, 7) is 0.608. The molecule has 0 bridgehead atoms. The van der Waals surface area contributed by atoms with Gasteiger partial charge < -0.3 is 24.3 Å². The van der Waals surface area contributed by atoms with Gasteiger partial charge in [0.15, 0.2) is 23.0 Å². The van der Waals surface area contributed by atoms with Gasteiger partial charge in [0, 0.05) is 5.56 Å². The van der Waals surface area contributed by atoms with Gasteiger partial charge in [0.05, 0.1) is 20.8 Å². The molecule has 2 aromatic carbocycles. The highest BCUT2D eigenvalue weighted by Gasteiger charge is 2.21. The molecule has 0 unspecified atom stereocenters. The minimum absolute atomic E-state index is 0.0650. The molecule has 1 atom stereocenters. The maximum absolute atomic E-state index is 12.3. The zero-order valence-electron chi connectivity index (χ0n) is 16.6. The number of carbonyl (C=O) groups excluding carboxylic acids is 1. The number of nitrogens with zero attached hydrogens (tertiary/aromatic N) is 4. The molecule has 1 aliphatic heterocycles. The molecular weight excluding hydrogens is 390 g/mol. The third-order valence-corrected chi connectivity index (χ3v) is 4.47. The SMILES string of the molecule is COc1ccc(-c2nnn(CC(=O)NC[C@@H]3COc4ccccc4O3)n2)cc1OC. The van der Waals surface area contributed by atoms with Crippen LogP contribution in [0.2, 0.25) is 0 Å². The number of benzene rings is 2. The molecule has 4 rings (SSSR count). The van der Waals surface area contributed by atoms with Gasteiger partial charge in [0.25, 0.3) is 0 Å². The van der Waals surface area contributed by atoms with Crippen molar-refractivity contribution in [3.05, 3.63) is 42.5 Å². The minimum Gasteiger partial charge on any atom is -0.493 e. The van der Waals surface area contributed by atoms with Crippen LogP contribution in [0.4, 0.5) is 0 Å². The van der Waals surface area contributed by atoms with E-state index in [0.717, 1.165) is 0 Å². The summed E-state index contributed by atoms with van der Waals surface area (Å²) in [5.74, 6) is 2.65. The standard InChI is InChI=1S/C20H21N5O5/c1-27-15-8-7-13(9-18(15)28-2)20-22-24-25(23-20)11-19(26)21-10-14-12-29-16-5-3-4-6-17(16)30-14/h3-9,14H,10-12H2,1-2H3,(H,21,26)/t14-/m1/s1. The average molecular weight is 411 g/mol. The van der Waals surface area contributed by atoms with Crippen molar-refractivity contribution in [3.8, 4) is 34.4 Å². The van der Waals surface area contributed by atoms with Gasteiger partial charge in [0.2, 0.25) is 11.7 Å². The van der Waals surface area contributed by atoms with Crippen molar-refractivity contribution in [1.29, 1.82) is 0 Å². The number of amides is 1. The molecule has 0 spiro atoms. The van der Waals surface area contributed by atoms with Crippen LogP contribution < -0.4 is 24.3 Å². The van der Waals surface area contributed by atoms with Crippen molar-refractivity contribution in [3.63, 3.8) is 0 Å². The van der Waals surface area contributed by atoms with Gasteiger partial charge in [-0.15, -0.1) is 10.2 Å². The first-order valence-corrected chi connectivity index (χ1v) is 9.31. The summed E-state index contributed by atoms with van der Waals surface area (Å²) in [5.41, 5.74) is 0.700. The molecule has 156 valence electrons. The van der Waals surface area contributed by atoms with Crippen molar-refractivity contribution in [1.82, 2.24) is 25.5 Å². The molecule has 1 amide bonds. The van der Waals surface area contributed by atoms with Crippen LogP contribution in [0.3, 0.4) is 0 Å². The zero-order valence-corrected chi connectivity index (χ0v) is 16.6. The van der Waals surface area contributed by atoms with E-state index in [-0.39, 0.29) is 18.6 Å². The number of methoxy groups -OCH3 is 2. The number of carbonyl (C=O) groups is 1. The van der Waals surface area contributed by atoms with Crippen LogP contribution in [-0.4, -0.2) is 59.6 Å². The van der Waals surface area contributed by atoms with Gasteiger partial charge in [0.1, 0.15) is 19.3 Å². The van der Waals surface area contributed by atoms with E-state index in [4.69, 9.17) is 18.9 Å². The Kier molecular flexibility index (Phi) is 5.64. The molecule has 3 aromatic rings. The van der Waals surface area contributed by atoms with Gasteiger partial charge in [-0.05, 0) is 35.5 Å². The summed E-state index contributed by atoms with van der Waals surface area (Å²) in [6, 6.07) is 12.7. The lowest BCUT2D eigenvalue weighted by Crippen LogP contribution is -2.41. The topological polar surface area (TPSA) is 110 Å². The van der Waals surface area contributed by atoms with E-state index in [0.29, 0.717) is 47.5 Å². The Bertz CT molecular complexity index is 1040. The van der Waals surface area contributed by atoms with E-state index in [9.17, 15) is 4.79 Å². The fourth-order valence-corrected chi connectivity index (χ4v) is 2.98. The number of tetrazole rings is 1. The first-order valence-electron chi connectivity index (χ1n) is 9.31. The second kappa shape index (κ2) is 8.68. The van der Waals surface area contributed by atoms with Gasteiger partial charge >= 0.3 is 0 Å². The van der Waals surface area contributed by atoms with Crippen molar-refractivity contribution in [2.45, 2.75) is 12.6 Å². The first kappa shape index (κ1) is 19.5. The number of ether oxygens (including phenoxy) is 4. The molecular formula is C20H21N5O5. The zero-order chi connectivity index (χ0) is 20.9. The fraction of sp³-hybridized carbons (Fsp3) is 0.300. The summed E-state index contributed by atoms with van der Waals surface area (Å²) in [4.78, 5) is 13.5. The van der Waals surface area contributed by atoms with E-state index in [1.54, 1.807) is 32.4 Å². The first-order chi connectivity index (χ1) is 14.7. The highest BCUT2D eigenvalue weighted by Crippen LogP contribution is 2.31. The Hall–Kier alpha value is -3.82. The summed E-state index contributed by atoms with van der Waals surface area (Å²) >= 11 is 0. The monoisotopic (exact) mass is 411 g/mol. The molecule has 0 saturated carbocycles. The Labute approximate surface area is 172 Å². The van der Waals surface area contributed by atoms with Crippen LogP contribution in [0.15, 0.2) is 42.5 Å². The van der Waals surface area contributed by atoms with Gasteiger partial charge in [-0.1, -0.05) is 12.1 Å². The number of aromatic nitrogens is 4. The Morgan fingerprint density at radius 2 is 1.97 bits per heavy atom. The molecule has 1 aromatic heterocycles. The van der Waals surface area contributed by atoms with E-state index >= 15 is 0 Å². The summed E-state index contributed by atoms with van der Waals surface area (Å²) < 4.78 is 22.0. The summed E-state index contributed by atoms with van der Waals surface area (Å²) in [5, 5.41) is 15.0. The highest BCUT2D eigenvalue weighted by atomic mass is 16.6. The van der Waals surface area contributed by atoms with E-state index in [2.05, 4.69) is 20.7 Å². The molecule has 10 nitrogen and oxygen atoms in total. The third-order valence-electron chi connectivity index (χ3n) is 4.47. The number of hydrogen-bond donors (Lipinski definition) is 1. The van der Waals surface area contributed by atoms with Crippen LogP contribution in [0.1, 0.15) is 0 Å². The number of para-hydroxylation sites is 2. The van der Waals surface area contributed by atoms with E-state index < -0.39 is 0 Å². The van der Waals surface area contributed by atoms with Gasteiger partial charge in [-0.25, -0.2) is 0 Å². The molecule has 1 N–H and O–H groups in total. The predicted molar refractivity (Wildman–Crippen MR) is 106 cm³/mol. The quantitative estimate of drug-likeness (QED) is 0.620.